The Balaban J connectivity index is 1.56. The van der Waals surface area contributed by atoms with Gasteiger partial charge in [-0.15, -0.1) is 0 Å². The molecule has 2 aliphatic rings. The van der Waals surface area contributed by atoms with Crippen LogP contribution in [0.2, 0.25) is 0 Å². The Morgan fingerprint density at radius 2 is 2.16 bits per heavy atom. The third-order valence-corrected chi connectivity index (χ3v) is 6.42. The van der Waals surface area contributed by atoms with Crippen molar-refractivity contribution in [1.29, 1.82) is 5.26 Å². The second-order valence-corrected chi connectivity index (χ2v) is 9.08. The third kappa shape index (κ3) is 5.97. The zero-order chi connectivity index (χ0) is 26.4. The van der Waals surface area contributed by atoms with Gasteiger partial charge in [0.15, 0.2) is 6.29 Å². The van der Waals surface area contributed by atoms with Crippen LogP contribution < -0.4 is 15.0 Å². The van der Waals surface area contributed by atoms with Gasteiger partial charge in [-0.1, -0.05) is 6.92 Å². The van der Waals surface area contributed by atoms with Gasteiger partial charge >= 0.3 is 12.1 Å². The molecule has 1 N–H and O–H groups in total. The molecular weight excluding hydrogens is 476 g/mol. The molecule has 4 rings (SSSR count). The molecule has 0 unspecified atom stereocenters. The number of nitrogens with one attached hydrogen (secondary N) is 1. The molecule has 0 spiro atoms. The summed E-state index contributed by atoms with van der Waals surface area (Å²) in [6.45, 7) is 5.43. The number of nitrogens with zero attached hydrogens (tertiary/aromatic N) is 5. The summed E-state index contributed by atoms with van der Waals surface area (Å²) in [4.78, 5) is 49.2. The van der Waals surface area contributed by atoms with E-state index in [0.29, 0.717) is 56.0 Å². The lowest BCUT2D eigenvalue weighted by atomic mass is 10.0. The first-order valence-electron chi connectivity index (χ1n) is 12.5. The quantitative estimate of drug-likeness (QED) is 0.555. The van der Waals surface area contributed by atoms with Crippen LogP contribution in [0.15, 0.2) is 18.3 Å². The first-order valence-corrected chi connectivity index (χ1v) is 12.5. The maximum atomic E-state index is 13.2. The number of fused-ring (bicyclic) bond motifs is 1. The van der Waals surface area contributed by atoms with E-state index in [1.54, 1.807) is 4.90 Å². The molecule has 2 aromatic rings. The van der Waals surface area contributed by atoms with Crippen LogP contribution >= 0.6 is 0 Å². The van der Waals surface area contributed by atoms with E-state index in [-0.39, 0.29) is 29.7 Å². The lowest BCUT2D eigenvalue weighted by Crippen LogP contribution is -2.40. The second-order valence-electron chi connectivity index (χ2n) is 9.08. The Bertz CT molecular complexity index is 1230. The summed E-state index contributed by atoms with van der Waals surface area (Å²) < 4.78 is 11.0. The molecule has 11 nitrogen and oxygen atoms in total. The Kier molecular flexibility index (Phi) is 8.18. The van der Waals surface area contributed by atoms with Gasteiger partial charge in [-0.05, 0) is 50.7 Å². The first kappa shape index (κ1) is 25.9. The fraction of sp³-hybridized carbons (Fsp3) is 0.462. The predicted molar refractivity (Wildman–Crippen MR) is 135 cm³/mol. The SMILES string of the molecule is CC[C@@H](C)Oc1cc(NC(=O)N2CCCc3cc(CN4CCCCOC4=O)c(C=O)nc32)ncc1C#N. The lowest BCUT2D eigenvalue weighted by Gasteiger charge is -2.29. The smallest absolute Gasteiger partial charge is 0.410 e. The number of aromatic nitrogens is 2. The molecule has 2 aromatic heterocycles. The maximum absolute atomic E-state index is 13.2. The van der Waals surface area contributed by atoms with Crippen molar-refractivity contribution in [2.45, 2.75) is 58.6 Å². The number of hydrogen-bond acceptors (Lipinski definition) is 8. The van der Waals surface area contributed by atoms with E-state index in [1.165, 1.54) is 17.2 Å². The third-order valence-electron chi connectivity index (χ3n) is 6.42. The Hall–Kier alpha value is -4.20. The first-order chi connectivity index (χ1) is 17.9. The van der Waals surface area contributed by atoms with Gasteiger partial charge in [0.1, 0.15) is 34.7 Å². The molecule has 1 fully saturated rings. The van der Waals surface area contributed by atoms with Gasteiger partial charge in [0, 0.05) is 24.7 Å². The molecule has 37 heavy (non-hydrogen) atoms. The molecule has 0 radical (unpaired) electrons. The second kappa shape index (κ2) is 11.7. The summed E-state index contributed by atoms with van der Waals surface area (Å²) in [6.07, 6.45) is 5.26. The van der Waals surface area contributed by atoms with Gasteiger partial charge in [0.2, 0.25) is 0 Å². The van der Waals surface area contributed by atoms with Crippen molar-refractivity contribution in [2.75, 3.05) is 29.9 Å². The van der Waals surface area contributed by atoms with Crippen LogP contribution in [0.25, 0.3) is 0 Å². The van der Waals surface area contributed by atoms with Gasteiger partial charge in [-0.25, -0.2) is 19.6 Å². The molecular formula is C26H30N6O5. The van der Waals surface area contributed by atoms with E-state index in [2.05, 4.69) is 15.3 Å². The average molecular weight is 507 g/mol. The number of aryl methyl sites for hydroxylation is 1. The van der Waals surface area contributed by atoms with Gasteiger partial charge in [0.25, 0.3) is 0 Å². The van der Waals surface area contributed by atoms with Crippen LogP contribution in [0.5, 0.6) is 5.75 Å². The Labute approximate surface area is 215 Å². The van der Waals surface area contributed by atoms with Crippen molar-refractivity contribution in [3.05, 3.63) is 40.7 Å². The summed E-state index contributed by atoms with van der Waals surface area (Å²) in [6, 6.07) is 4.97. The summed E-state index contributed by atoms with van der Waals surface area (Å²) in [7, 11) is 0. The lowest BCUT2D eigenvalue weighted by molar-refractivity contribution is 0.109. The number of carbonyl (C=O) groups excluding carboxylic acids is 3. The number of pyridine rings is 2. The fourth-order valence-electron chi connectivity index (χ4n) is 4.24. The van der Waals surface area contributed by atoms with E-state index in [1.807, 2.05) is 26.0 Å². The van der Waals surface area contributed by atoms with Crippen molar-refractivity contribution in [3.8, 4) is 11.8 Å². The van der Waals surface area contributed by atoms with Crippen LogP contribution in [0.4, 0.5) is 21.2 Å². The number of urea groups is 1. The topological polar surface area (TPSA) is 138 Å². The highest BCUT2D eigenvalue weighted by Crippen LogP contribution is 2.29. The molecule has 0 saturated carbocycles. The zero-order valence-electron chi connectivity index (χ0n) is 21.0. The summed E-state index contributed by atoms with van der Waals surface area (Å²) in [5.74, 6) is 0.985. The number of anilines is 2. The number of cyclic esters (lactones) is 1. The molecule has 4 heterocycles. The van der Waals surface area contributed by atoms with Gasteiger partial charge in [0.05, 0.1) is 25.5 Å². The Morgan fingerprint density at radius 1 is 1.32 bits per heavy atom. The van der Waals surface area contributed by atoms with E-state index < -0.39 is 12.1 Å². The summed E-state index contributed by atoms with van der Waals surface area (Å²) in [5, 5.41) is 12.1. The highest BCUT2D eigenvalue weighted by atomic mass is 16.6. The number of rotatable bonds is 7. The van der Waals surface area contributed by atoms with Crippen molar-refractivity contribution >= 4 is 30.0 Å². The number of amides is 3. The highest BCUT2D eigenvalue weighted by Gasteiger charge is 2.28. The van der Waals surface area contributed by atoms with Crippen molar-refractivity contribution < 1.29 is 23.9 Å². The average Bonchev–Trinajstić information content (AvgIpc) is 3.11. The van der Waals surface area contributed by atoms with E-state index in [4.69, 9.17) is 9.47 Å². The van der Waals surface area contributed by atoms with Gasteiger partial charge in [-0.3, -0.25) is 15.0 Å². The van der Waals surface area contributed by atoms with Crippen LogP contribution in [0.1, 0.15) is 66.7 Å². The van der Waals surface area contributed by atoms with Gasteiger partial charge < -0.3 is 14.4 Å². The number of aldehydes is 1. The summed E-state index contributed by atoms with van der Waals surface area (Å²) >= 11 is 0. The summed E-state index contributed by atoms with van der Waals surface area (Å²) in [5.41, 5.74) is 1.89. The minimum absolute atomic E-state index is 0.108. The van der Waals surface area contributed by atoms with Crippen molar-refractivity contribution in [1.82, 2.24) is 14.9 Å². The number of carbonyl (C=O) groups is 3. The Morgan fingerprint density at radius 3 is 2.92 bits per heavy atom. The van der Waals surface area contributed by atoms with Crippen LogP contribution in [0, 0.1) is 11.3 Å². The largest absolute Gasteiger partial charge is 0.489 e. The molecule has 1 atom stereocenters. The predicted octanol–water partition coefficient (Wildman–Crippen LogP) is 4.06. The maximum Gasteiger partial charge on any atom is 0.410 e. The molecule has 0 bridgehead atoms. The zero-order valence-corrected chi connectivity index (χ0v) is 21.0. The van der Waals surface area contributed by atoms with E-state index in [0.717, 1.165) is 24.8 Å². The molecule has 2 aliphatic heterocycles. The normalized spacial score (nSPS) is 16.1. The molecule has 0 aromatic carbocycles. The number of ether oxygens (including phenoxy) is 2. The highest BCUT2D eigenvalue weighted by molar-refractivity contribution is 6.01. The molecule has 194 valence electrons. The number of hydrogen-bond donors (Lipinski definition) is 1. The molecule has 11 heteroatoms. The molecule has 1 saturated heterocycles. The fourth-order valence-corrected chi connectivity index (χ4v) is 4.24. The van der Waals surface area contributed by atoms with Crippen LogP contribution in [-0.4, -0.2) is 59.1 Å². The van der Waals surface area contributed by atoms with E-state index in [9.17, 15) is 19.6 Å². The van der Waals surface area contributed by atoms with Crippen molar-refractivity contribution in [2.24, 2.45) is 0 Å². The van der Waals surface area contributed by atoms with Crippen LogP contribution in [-0.2, 0) is 17.7 Å². The minimum atomic E-state index is -0.458. The number of nitriles is 1. The van der Waals surface area contributed by atoms with E-state index >= 15 is 0 Å². The van der Waals surface area contributed by atoms with Crippen LogP contribution in [0.3, 0.4) is 0 Å². The monoisotopic (exact) mass is 506 g/mol. The molecule has 3 amide bonds. The van der Waals surface area contributed by atoms with Gasteiger partial charge in [-0.2, -0.15) is 5.26 Å². The minimum Gasteiger partial charge on any atom is -0.489 e. The standard InChI is InChI=1S/C26H30N6O5/c1-3-17(2)37-22-12-23(28-14-20(22)13-27)30-25(34)32-9-6-7-18-11-19(21(16-33)29-24(18)32)15-31-8-4-5-10-36-26(31)35/h11-12,14,16-17H,3-10,15H2,1-2H3,(H,28,30,34)/t17-/m1/s1. The molecule has 0 aliphatic carbocycles. The van der Waals surface area contributed by atoms with Crippen molar-refractivity contribution in [3.63, 3.8) is 0 Å².